The summed E-state index contributed by atoms with van der Waals surface area (Å²) in [6, 6.07) is 17.8. The van der Waals surface area contributed by atoms with Gasteiger partial charge in [-0.25, -0.2) is 4.98 Å². The van der Waals surface area contributed by atoms with E-state index in [4.69, 9.17) is 5.73 Å². The third-order valence-corrected chi connectivity index (χ3v) is 4.75. The van der Waals surface area contributed by atoms with Crippen LogP contribution >= 0.6 is 0 Å². The molecule has 0 bridgehead atoms. The summed E-state index contributed by atoms with van der Waals surface area (Å²) in [6.45, 7) is 1.37. The van der Waals surface area contributed by atoms with Crippen molar-refractivity contribution in [3.05, 3.63) is 77.5 Å². The summed E-state index contributed by atoms with van der Waals surface area (Å²) in [5.41, 5.74) is 9.70. The third kappa shape index (κ3) is 3.60. The van der Waals surface area contributed by atoms with Gasteiger partial charge in [-0.05, 0) is 42.2 Å². The zero-order valence-corrected chi connectivity index (χ0v) is 14.9. The van der Waals surface area contributed by atoms with Crippen LogP contribution in [0.25, 0.3) is 0 Å². The van der Waals surface area contributed by atoms with E-state index < -0.39 is 0 Å². The molecule has 0 atom stereocenters. The molecule has 0 fully saturated rings. The Hall–Kier alpha value is -3.41. The molecule has 1 aliphatic rings. The van der Waals surface area contributed by atoms with Crippen LogP contribution in [0, 0.1) is 0 Å². The van der Waals surface area contributed by atoms with Crippen molar-refractivity contribution in [2.75, 3.05) is 23.7 Å². The molecule has 0 saturated heterocycles. The molecule has 0 radical (unpaired) electrons. The zero-order chi connectivity index (χ0) is 18.6. The molecule has 4 rings (SSSR count). The molecule has 0 unspecified atom stereocenters. The van der Waals surface area contributed by atoms with Crippen LogP contribution in [-0.4, -0.2) is 29.0 Å². The quantitative estimate of drug-likeness (QED) is 0.732. The van der Waals surface area contributed by atoms with Gasteiger partial charge in [0.05, 0.1) is 0 Å². The minimum atomic E-state index is -0.0353. The minimum absolute atomic E-state index is 0.0353. The van der Waals surface area contributed by atoms with Gasteiger partial charge in [0.15, 0.2) is 0 Å². The highest BCUT2D eigenvalue weighted by molar-refractivity contribution is 5.98. The number of amides is 1. The summed E-state index contributed by atoms with van der Waals surface area (Å²) in [5, 5.41) is 3.04. The summed E-state index contributed by atoms with van der Waals surface area (Å²) in [4.78, 5) is 23.0. The van der Waals surface area contributed by atoms with E-state index in [1.165, 1.54) is 5.56 Å². The van der Waals surface area contributed by atoms with Crippen molar-refractivity contribution < 1.29 is 4.79 Å². The first kappa shape index (κ1) is 17.0. The van der Waals surface area contributed by atoms with Crippen LogP contribution in [0.4, 0.5) is 17.5 Å². The summed E-state index contributed by atoms with van der Waals surface area (Å²) in [5.74, 6) is 0.963. The summed E-state index contributed by atoms with van der Waals surface area (Å²) < 4.78 is 0. The van der Waals surface area contributed by atoms with E-state index in [0.717, 1.165) is 42.0 Å². The number of hydrogen-bond donors (Lipinski definition) is 2. The molecule has 1 amide bonds. The standard InChI is InChI=1S/C21H21N5O/c22-21-24-13-10-19(25-21)26-14-11-16-17(7-4-8-18(16)26)20(27)23-12-9-15-5-2-1-3-6-15/h1-8,10,13H,9,11-12,14H2,(H,23,27)(H2,22,24,25). The second-order valence-corrected chi connectivity index (χ2v) is 6.47. The molecule has 136 valence electrons. The number of nitrogens with one attached hydrogen (secondary N) is 1. The highest BCUT2D eigenvalue weighted by Gasteiger charge is 2.25. The lowest BCUT2D eigenvalue weighted by molar-refractivity contribution is 0.0953. The Bertz CT molecular complexity index is 958. The normalized spacial score (nSPS) is 12.7. The molecular weight excluding hydrogens is 338 g/mol. The van der Waals surface area contributed by atoms with E-state index in [2.05, 4.69) is 32.3 Å². The highest BCUT2D eigenvalue weighted by atomic mass is 16.1. The summed E-state index contributed by atoms with van der Waals surface area (Å²) in [7, 11) is 0. The number of carbonyl (C=O) groups excluding carboxylic acids is 1. The predicted octanol–water partition coefficient (Wildman–Crippen LogP) is 2.73. The fraction of sp³-hybridized carbons (Fsp3) is 0.190. The smallest absolute Gasteiger partial charge is 0.251 e. The SMILES string of the molecule is Nc1nccc(N2CCc3c(C(=O)NCCc4ccccc4)cccc32)n1. The van der Waals surface area contributed by atoms with Crippen LogP contribution in [0.3, 0.4) is 0 Å². The van der Waals surface area contributed by atoms with Crippen LogP contribution in [-0.2, 0) is 12.8 Å². The fourth-order valence-corrected chi connectivity index (χ4v) is 3.46. The van der Waals surface area contributed by atoms with Gasteiger partial charge in [-0.1, -0.05) is 36.4 Å². The molecule has 2 aromatic carbocycles. The van der Waals surface area contributed by atoms with Gasteiger partial charge in [-0.15, -0.1) is 0 Å². The average Bonchev–Trinajstić information content (AvgIpc) is 3.13. The third-order valence-electron chi connectivity index (χ3n) is 4.75. The maximum Gasteiger partial charge on any atom is 0.251 e. The van der Waals surface area contributed by atoms with E-state index in [1.54, 1.807) is 6.20 Å². The van der Waals surface area contributed by atoms with Gasteiger partial charge in [0.1, 0.15) is 5.82 Å². The number of rotatable bonds is 5. The Morgan fingerprint density at radius 3 is 2.78 bits per heavy atom. The lowest BCUT2D eigenvalue weighted by Crippen LogP contribution is -2.26. The maximum atomic E-state index is 12.7. The number of carbonyl (C=O) groups is 1. The van der Waals surface area contributed by atoms with Gasteiger partial charge in [-0.3, -0.25) is 4.79 Å². The van der Waals surface area contributed by atoms with Gasteiger partial charge in [-0.2, -0.15) is 4.98 Å². The van der Waals surface area contributed by atoms with Gasteiger partial charge < -0.3 is 16.0 Å². The van der Waals surface area contributed by atoms with Crippen LogP contribution < -0.4 is 16.0 Å². The average molecular weight is 359 g/mol. The van der Waals surface area contributed by atoms with Crippen LogP contribution in [0.1, 0.15) is 21.5 Å². The molecule has 0 saturated carbocycles. The molecule has 1 aliphatic heterocycles. The minimum Gasteiger partial charge on any atom is -0.368 e. The molecule has 0 spiro atoms. The zero-order valence-electron chi connectivity index (χ0n) is 14.9. The largest absolute Gasteiger partial charge is 0.368 e. The number of anilines is 3. The van der Waals surface area contributed by atoms with E-state index in [0.29, 0.717) is 6.54 Å². The molecule has 1 aromatic heterocycles. The van der Waals surface area contributed by atoms with Crippen LogP contribution in [0.15, 0.2) is 60.8 Å². The number of nitrogen functional groups attached to an aromatic ring is 1. The second-order valence-electron chi connectivity index (χ2n) is 6.47. The van der Waals surface area contributed by atoms with Gasteiger partial charge in [0.25, 0.3) is 5.91 Å². The molecule has 27 heavy (non-hydrogen) atoms. The first-order valence-electron chi connectivity index (χ1n) is 9.02. The number of benzene rings is 2. The Morgan fingerprint density at radius 1 is 1.11 bits per heavy atom. The maximum absolute atomic E-state index is 12.7. The predicted molar refractivity (Wildman–Crippen MR) is 106 cm³/mol. The van der Waals surface area contributed by atoms with Crippen molar-refractivity contribution >= 4 is 23.4 Å². The first-order valence-corrected chi connectivity index (χ1v) is 9.02. The molecule has 6 heteroatoms. The van der Waals surface area contributed by atoms with Gasteiger partial charge in [0, 0.05) is 30.5 Å². The van der Waals surface area contributed by atoms with Crippen molar-refractivity contribution in [1.82, 2.24) is 15.3 Å². The monoisotopic (exact) mass is 359 g/mol. The second kappa shape index (κ2) is 7.45. The van der Waals surface area contributed by atoms with Crippen molar-refractivity contribution in [2.45, 2.75) is 12.8 Å². The van der Waals surface area contributed by atoms with E-state index >= 15 is 0 Å². The number of hydrogen-bond acceptors (Lipinski definition) is 5. The van der Waals surface area contributed by atoms with Crippen molar-refractivity contribution in [2.24, 2.45) is 0 Å². The van der Waals surface area contributed by atoms with Gasteiger partial charge in [0.2, 0.25) is 5.95 Å². The molecule has 2 heterocycles. The van der Waals surface area contributed by atoms with Crippen LogP contribution in [0.2, 0.25) is 0 Å². The number of aromatic nitrogens is 2. The van der Waals surface area contributed by atoms with E-state index in [1.807, 2.05) is 42.5 Å². The highest BCUT2D eigenvalue weighted by Crippen LogP contribution is 2.35. The van der Waals surface area contributed by atoms with Gasteiger partial charge >= 0.3 is 0 Å². The van der Waals surface area contributed by atoms with Crippen molar-refractivity contribution in [1.29, 1.82) is 0 Å². The molecule has 3 aromatic rings. The Balaban J connectivity index is 1.49. The number of fused-ring (bicyclic) bond motifs is 1. The summed E-state index contributed by atoms with van der Waals surface area (Å²) >= 11 is 0. The Labute approximate surface area is 158 Å². The number of nitrogens with zero attached hydrogens (tertiary/aromatic N) is 3. The first-order chi connectivity index (χ1) is 13.2. The van der Waals surface area contributed by atoms with E-state index in [-0.39, 0.29) is 11.9 Å². The fourth-order valence-electron chi connectivity index (χ4n) is 3.46. The number of nitrogens with two attached hydrogens (primary N) is 1. The lowest BCUT2D eigenvalue weighted by atomic mass is 10.0. The summed E-state index contributed by atoms with van der Waals surface area (Å²) in [6.07, 6.45) is 3.26. The molecule has 0 aliphatic carbocycles. The topological polar surface area (TPSA) is 84.1 Å². The van der Waals surface area contributed by atoms with E-state index in [9.17, 15) is 4.79 Å². The lowest BCUT2D eigenvalue weighted by Gasteiger charge is -2.18. The van der Waals surface area contributed by atoms with Crippen LogP contribution in [0.5, 0.6) is 0 Å². The molecule has 6 nitrogen and oxygen atoms in total. The Kier molecular flexibility index (Phi) is 4.70. The molecule has 3 N–H and O–H groups in total. The Morgan fingerprint density at radius 2 is 1.96 bits per heavy atom. The van der Waals surface area contributed by atoms with Crippen molar-refractivity contribution in [3.63, 3.8) is 0 Å². The molecular formula is C21H21N5O. The van der Waals surface area contributed by atoms with Crippen molar-refractivity contribution in [3.8, 4) is 0 Å².